The summed E-state index contributed by atoms with van der Waals surface area (Å²) in [6, 6.07) is 4.61. The molecule has 6 heteroatoms. The van der Waals surface area contributed by atoms with Gasteiger partial charge in [-0.25, -0.2) is 0 Å². The summed E-state index contributed by atoms with van der Waals surface area (Å²) in [5.74, 6) is 0.690. The molecule has 0 amide bonds. The second kappa shape index (κ2) is 4.20. The van der Waals surface area contributed by atoms with Crippen LogP contribution in [0.15, 0.2) is 28.7 Å². The maximum atomic E-state index is 12.3. The Kier molecular flexibility index (Phi) is 2.87. The van der Waals surface area contributed by atoms with Crippen molar-refractivity contribution in [2.45, 2.75) is 19.5 Å². The normalized spacial score (nSPS) is 11.8. The molecule has 0 aliphatic carbocycles. The molecule has 0 aliphatic rings. The van der Waals surface area contributed by atoms with E-state index >= 15 is 0 Å². The van der Waals surface area contributed by atoms with E-state index in [0.717, 1.165) is 12.1 Å². The molecule has 17 heavy (non-hydrogen) atoms. The molecule has 0 radical (unpaired) electrons. The first-order chi connectivity index (χ1) is 8.00. The fraction of sp³-hybridized carbons (Fsp3) is 0.273. The van der Waals surface area contributed by atoms with Crippen molar-refractivity contribution in [3.05, 3.63) is 35.7 Å². The van der Waals surface area contributed by atoms with E-state index in [9.17, 15) is 13.2 Å². The Morgan fingerprint density at radius 2 is 1.76 bits per heavy atom. The third-order valence-corrected chi connectivity index (χ3v) is 2.23. The Morgan fingerprint density at radius 1 is 1.12 bits per heavy atom. The van der Waals surface area contributed by atoms with E-state index in [1.54, 1.807) is 0 Å². The molecule has 2 aromatic rings. The lowest BCUT2D eigenvalue weighted by Crippen LogP contribution is -2.03. The van der Waals surface area contributed by atoms with Crippen LogP contribution in [0.1, 0.15) is 18.4 Å². The van der Waals surface area contributed by atoms with E-state index in [1.807, 2.05) is 6.92 Å². The number of benzene rings is 1. The predicted molar refractivity (Wildman–Crippen MR) is 54.1 cm³/mol. The van der Waals surface area contributed by atoms with E-state index in [2.05, 4.69) is 10.2 Å². The molecule has 0 atom stereocenters. The molecule has 0 saturated carbocycles. The molecule has 2 rings (SSSR count). The van der Waals surface area contributed by atoms with E-state index in [0.29, 0.717) is 17.9 Å². The largest absolute Gasteiger partial charge is 0.421 e. The standard InChI is InChI=1S/C11H9F3N2O/c1-2-9-15-16-10(17-9)7-3-5-8(6-4-7)11(12,13)14/h3-6H,2H2,1H3. The highest BCUT2D eigenvalue weighted by Gasteiger charge is 2.30. The Labute approximate surface area is 95.3 Å². The van der Waals surface area contributed by atoms with Crippen LogP contribution in [-0.4, -0.2) is 10.2 Å². The van der Waals surface area contributed by atoms with Gasteiger partial charge in [0, 0.05) is 12.0 Å². The van der Waals surface area contributed by atoms with Crippen LogP contribution >= 0.6 is 0 Å². The second-order valence-corrected chi connectivity index (χ2v) is 3.43. The summed E-state index contributed by atoms with van der Waals surface area (Å²) in [7, 11) is 0. The molecule has 3 nitrogen and oxygen atoms in total. The van der Waals surface area contributed by atoms with Crippen LogP contribution in [0.3, 0.4) is 0 Å². The molecular formula is C11H9F3N2O. The lowest BCUT2D eigenvalue weighted by Gasteiger charge is -2.05. The quantitative estimate of drug-likeness (QED) is 0.810. The fourth-order valence-corrected chi connectivity index (χ4v) is 1.31. The van der Waals surface area contributed by atoms with Crippen molar-refractivity contribution in [2.24, 2.45) is 0 Å². The Hall–Kier alpha value is -1.85. The summed E-state index contributed by atoms with van der Waals surface area (Å²) < 4.78 is 42.2. The molecule has 0 N–H and O–H groups in total. The van der Waals surface area contributed by atoms with Crippen LogP contribution in [0.5, 0.6) is 0 Å². The third kappa shape index (κ3) is 2.46. The summed E-state index contributed by atoms with van der Waals surface area (Å²) >= 11 is 0. The first-order valence-corrected chi connectivity index (χ1v) is 5.00. The number of alkyl halides is 3. The molecule has 0 bridgehead atoms. The maximum Gasteiger partial charge on any atom is 0.416 e. The first-order valence-electron chi connectivity index (χ1n) is 5.00. The van der Waals surface area contributed by atoms with E-state index in [4.69, 9.17) is 4.42 Å². The number of aryl methyl sites for hydroxylation is 1. The summed E-state index contributed by atoms with van der Waals surface area (Å²) in [5, 5.41) is 7.49. The van der Waals surface area contributed by atoms with Gasteiger partial charge in [0.2, 0.25) is 11.8 Å². The van der Waals surface area contributed by atoms with Crippen LogP contribution in [0.25, 0.3) is 11.5 Å². The van der Waals surface area contributed by atoms with Crippen molar-refractivity contribution in [1.82, 2.24) is 10.2 Å². The minimum atomic E-state index is -4.33. The van der Waals surface area contributed by atoms with Crippen LogP contribution in [-0.2, 0) is 12.6 Å². The topological polar surface area (TPSA) is 38.9 Å². The molecule has 0 saturated heterocycles. The van der Waals surface area contributed by atoms with Gasteiger partial charge in [-0.15, -0.1) is 10.2 Å². The van der Waals surface area contributed by atoms with Gasteiger partial charge in [-0.2, -0.15) is 13.2 Å². The lowest BCUT2D eigenvalue weighted by atomic mass is 10.1. The van der Waals surface area contributed by atoms with Gasteiger partial charge in [0.25, 0.3) is 0 Å². The molecule has 1 aromatic carbocycles. The SMILES string of the molecule is CCc1nnc(-c2ccc(C(F)(F)F)cc2)o1. The molecule has 0 spiro atoms. The van der Waals surface area contributed by atoms with E-state index < -0.39 is 11.7 Å². The average Bonchev–Trinajstić information content (AvgIpc) is 2.76. The van der Waals surface area contributed by atoms with Gasteiger partial charge >= 0.3 is 6.18 Å². The van der Waals surface area contributed by atoms with Crippen molar-refractivity contribution >= 4 is 0 Å². The Morgan fingerprint density at radius 3 is 2.24 bits per heavy atom. The van der Waals surface area contributed by atoms with Crippen LogP contribution < -0.4 is 0 Å². The van der Waals surface area contributed by atoms with Crippen molar-refractivity contribution in [3.63, 3.8) is 0 Å². The Bertz CT molecular complexity index is 502. The van der Waals surface area contributed by atoms with Gasteiger partial charge in [-0.3, -0.25) is 0 Å². The summed E-state index contributed by atoms with van der Waals surface area (Å²) in [6.45, 7) is 1.85. The molecule has 90 valence electrons. The number of nitrogens with zero attached hydrogens (tertiary/aromatic N) is 2. The number of rotatable bonds is 2. The second-order valence-electron chi connectivity index (χ2n) is 3.43. The van der Waals surface area contributed by atoms with Crippen LogP contribution in [0, 0.1) is 0 Å². The van der Waals surface area contributed by atoms with Gasteiger partial charge in [0.1, 0.15) is 0 Å². The van der Waals surface area contributed by atoms with Gasteiger partial charge in [0.15, 0.2) is 0 Å². The lowest BCUT2D eigenvalue weighted by molar-refractivity contribution is -0.137. The summed E-state index contributed by atoms with van der Waals surface area (Å²) in [6.07, 6.45) is -3.74. The fourth-order valence-electron chi connectivity index (χ4n) is 1.31. The van der Waals surface area contributed by atoms with Gasteiger partial charge < -0.3 is 4.42 Å². The van der Waals surface area contributed by atoms with Crippen molar-refractivity contribution in [3.8, 4) is 11.5 Å². The highest BCUT2D eigenvalue weighted by Crippen LogP contribution is 2.30. The maximum absolute atomic E-state index is 12.3. The molecule has 0 fully saturated rings. The third-order valence-electron chi connectivity index (χ3n) is 2.23. The van der Waals surface area contributed by atoms with Crippen molar-refractivity contribution < 1.29 is 17.6 Å². The molecule has 0 unspecified atom stereocenters. The van der Waals surface area contributed by atoms with Gasteiger partial charge in [-0.05, 0) is 24.3 Å². The highest BCUT2D eigenvalue weighted by atomic mass is 19.4. The van der Waals surface area contributed by atoms with Crippen molar-refractivity contribution in [2.75, 3.05) is 0 Å². The zero-order chi connectivity index (χ0) is 12.5. The van der Waals surface area contributed by atoms with Crippen molar-refractivity contribution in [1.29, 1.82) is 0 Å². The summed E-state index contributed by atoms with van der Waals surface area (Å²) in [5.41, 5.74) is -0.221. The van der Waals surface area contributed by atoms with Gasteiger partial charge in [-0.1, -0.05) is 6.92 Å². The molecule has 1 aromatic heterocycles. The highest BCUT2D eigenvalue weighted by molar-refractivity contribution is 5.53. The molecule has 1 heterocycles. The molecular weight excluding hydrogens is 233 g/mol. The first kappa shape index (κ1) is 11.6. The Balaban J connectivity index is 2.29. The summed E-state index contributed by atoms with van der Waals surface area (Å²) in [4.78, 5) is 0. The smallest absolute Gasteiger partial charge is 0.416 e. The van der Waals surface area contributed by atoms with E-state index in [1.165, 1.54) is 12.1 Å². The van der Waals surface area contributed by atoms with E-state index in [-0.39, 0.29) is 5.89 Å². The minimum Gasteiger partial charge on any atom is -0.421 e. The number of halogens is 3. The van der Waals surface area contributed by atoms with Gasteiger partial charge in [0.05, 0.1) is 5.56 Å². The molecule has 0 aliphatic heterocycles. The predicted octanol–water partition coefficient (Wildman–Crippen LogP) is 3.32. The van der Waals surface area contributed by atoms with Crippen LogP contribution in [0.2, 0.25) is 0 Å². The number of aromatic nitrogens is 2. The zero-order valence-corrected chi connectivity index (χ0v) is 8.95. The zero-order valence-electron chi connectivity index (χ0n) is 8.95. The number of hydrogen-bond acceptors (Lipinski definition) is 3. The monoisotopic (exact) mass is 242 g/mol. The average molecular weight is 242 g/mol. The number of hydrogen-bond donors (Lipinski definition) is 0. The minimum absolute atomic E-state index is 0.232. The van der Waals surface area contributed by atoms with Crippen LogP contribution in [0.4, 0.5) is 13.2 Å².